The topological polar surface area (TPSA) is 12.0 Å². The van der Waals surface area contributed by atoms with Gasteiger partial charge in [-0.05, 0) is 24.6 Å². The van der Waals surface area contributed by atoms with Crippen molar-refractivity contribution in [2.24, 2.45) is 0 Å². The minimum absolute atomic E-state index is 0. The number of aryl methyl sites for hydroxylation is 1. The average Bonchev–Trinajstić information content (AvgIpc) is 1.94. The fourth-order valence-electron chi connectivity index (χ4n) is 0.864. The van der Waals surface area contributed by atoms with Crippen LogP contribution < -0.4 is 5.32 Å². The fourth-order valence-corrected chi connectivity index (χ4v) is 1.22. The minimum atomic E-state index is 0. The van der Waals surface area contributed by atoms with Gasteiger partial charge in [-0.25, -0.2) is 0 Å². The monoisotopic (exact) mass is 235 g/mol. The molecule has 0 aliphatic carbocycles. The normalized spacial score (nSPS) is 8.64. The molecule has 0 aliphatic rings. The first-order chi connectivity index (χ1) is 4.74. The van der Waals surface area contributed by atoms with Crippen LogP contribution in [0.1, 0.15) is 5.56 Å². The number of nitrogens with one attached hydrogen (secondary N) is 1. The van der Waals surface area contributed by atoms with Gasteiger partial charge in [-0.15, -0.1) is 12.4 Å². The summed E-state index contributed by atoms with van der Waals surface area (Å²) in [6.07, 6.45) is 0. The first kappa shape index (κ1) is 10.8. The molecule has 0 aromatic heterocycles. The van der Waals surface area contributed by atoms with Gasteiger partial charge in [-0.2, -0.15) is 0 Å². The lowest BCUT2D eigenvalue weighted by Crippen LogP contribution is -1.90. The van der Waals surface area contributed by atoms with Crippen molar-refractivity contribution in [3.63, 3.8) is 0 Å². The zero-order chi connectivity index (χ0) is 7.56. The zero-order valence-electron chi connectivity index (χ0n) is 6.52. The van der Waals surface area contributed by atoms with Crippen molar-refractivity contribution in [3.8, 4) is 0 Å². The molecule has 0 radical (unpaired) electrons. The number of anilines is 1. The molecular weight excluding hydrogens is 225 g/mol. The Hall–Kier alpha value is -0.210. The number of rotatable bonds is 1. The molecule has 1 nitrogen and oxygen atoms in total. The Bertz CT molecular complexity index is 238. The third-order valence-electron chi connectivity index (χ3n) is 1.47. The summed E-state index contributed by atoms with van der Waals surface area (Å²) in [4.78, 5) is 0. The van der Waals surface area contributed by atoms with Crippen molar-refractivity contribution < 1.29 is 0 Å². The molecule has 0 saturated carbocycles. The highest BCUT2D eigenvalue weighted by Crippen LogP contribution is 2.19. The molecule has 11 heavy (non-hydrogen) atoms. The molecule has 0 atom stereocenters. The maximum atomic E-state index is 3.40. The van der Waals surface area contributed by atoms with Crippen LogP contribution in [-0.4, -0.2) is 7.05 Å². The van der Waals surface area contributed by atoms with Crippen LogP contribution in [0.3, 0.4) is 0 Å². The van der Waals surface area contributed by atoms with E-state index in [0.29, 0.717) is 0 Å². The molecule has 0 unspecified atom stereocenters. The predicted molar refractivity (Wildman–Crippen MR) is 55.7 cm³/mol. The summed E-state index contributed by atoms with van der Waals surface area (Å²) < 4.78 is 1.11. The van der Waals surface area contributed by atoms with E-state index in [0.717, 1.165) is 4.47 Å². The molecule has 0 spiro atoms. The van der Waals surface area contributed by atoms with Crippen LogP contribution in [0.25, 0.3) is 0 Å². The van der Waals surface area contributed by atoms with Crippen molar-refractivity contribution >= 4 is 34.0 Å². The third kappa shape index (κ3) is 2.72. The van der Waals surface area contributed by atoms with Gasteiger partial charge in [0.1, 0.15) is 0 Å². The Balaban J connectivity index is 0.000001000. The van der Waals surface area contributed by atoms with Crippen LogP contribution in [0.15, 0.2) is 22.7 Å². The van der Waals surface area contributed by atoms with E-state index < -0.39 is 0 Å². The molecule has 0 saturated heterocycles. The van der Waals surface area contributed by atoms with Crippen LogP contribution in [0, 0.1) is 6.92 Å². The average molecular weight is 237 g/mol. The van der Waals surface area contributed by atoms with Crippen molar-refractivity contribution in [1.82, 2.24) is 0 Å². The van der Waals surface area contributed by atoms with Gasteiger partial charge in [-0.3, -0.25) is 0 Å². The second-order valence-electron chi connectivity index (χ2n) is 2.21. The van der Waals surface area contributed by atoms with Crippen molar-refractivity contribution in [2.45, 2.75) is 6.92 Å². The van der Waals surface area contributed by atoms with Crippen LogP contribution in [0.5, 0.6) is 0 Å². The summed E-state index contributed by atoms with van der Waals surface area (Å²) >= 11 is 3.40. The minimum Gasteiger partial charge on any atom is -0.388 e. The third-order valence-corrected chi connectivity index (χ3v) is 1.96. The lowest BCUT2D eigenvalue weighted by Gasteiger charge is -2.03. The molecule has 0 aliphatic heterocycles. The summed E-state index contributed by atoms with van der Waals surface area (Å²) in [6, 6.07) is 6.18. The van der Waals surface area contributed by atoms with E-state index in [1.807, 2.05) is 13.1 Å². The second-order valence-corrected chi connectivity index (χ2v) is 3.12. The van der Waals surface area contributed by atoms with E-state index >= 15 is 0 Å². The number of hydrogen-bond acceptors (Lipinski definition) is 1. The summed E-state index contributed by atoms with van der Waals surface area (Å²) in [7, 11) is 1.93. The molecule has 1 rings (SSSR count). The first-order valence-corrected chi connectivity index (χ1v) is 3.97. The first-order valence-electron chi connectivity index (χ1n) is 3.18. The highest BCUT2D eigenvalue weighted by molar-refractivity contribution is 9.10. The molecule has 0 amide bonds. The number of benzene rings is 1. The maximum Gasteiger partial charge on any atom is 0.0378 e. The van der Waals surface area contributed by atoms with Gasteiger partial charge in [0.15, 0.2) is 0 Å². The lowest BCUT2D eigenvalue weighted by atomic mass is 10.2. The molecule has 0 heterocycles. The molecule has 1 N–H and O–H groups in total. The molecule has 1 aromatic carbocycles. The maximum absolute atomic E-state index is 3.40. The summed E-state index contributed by atoms with van der Waals surface area (Å²) in [5, 5.41) is 3.11. The van der Waals surface area contributed by atoms with E-state index in [9.17, 15) is 0 Å². The molecule has 0 fully saturated rings. The van der Waals surface area contributed by atoms with Gasteiger partial charge in [0.2, 0.25) is 0 Å². The largest absolute Gasteiger partial charge is 0.388 e. The molecular formula is C8H11BrClN. The molecule has 3 heteroatoms. The predicted octanol–water partition coefficient (Wildman–Crippen LogP) is 3.22. The van der Waals surface area contributed by atoms with E-state index in [1.165, 1.54) is 11.3 Å². The van der Waals surface area contributed by atoms with Gasteiger partial charge in [0.05, 0.1) is 0 Å². The van der Waals surface area contributed by atoms with Gasteiger partial charge >= 0.3 is 0 Å². The number of halogens is 2. The highest BCUT2D eigenvalue weighted by Gasteiger charge is 1.93. The summed E-state index contributed by atoms with van der Waals surface area (Å²) in [5.41, 5.74) is 2.44. The Morgan fingerprint density at radius 2 is 2.00 bits per heavy atom. The Morgan fingerprint density at radius 3 is 2.45 bits per heavy atom. The van der Waals surface area contributed by atoms with Crippen molar-refractivity contribution in [1.29, 1.82) is 0 Å². The Kier molecular flexibility index (Phi) is 4.54. The van der Waals surface area contributed by atoms with Gasteiger partial charge in [0, 0.05) is 17.2 Å². The summed E-state index contributed by atoms with van der Waals surface area (Å²) in [5.74, 6) is 0. The standard InChI is InChI=1S/C8H10BrN.ClH/c1-6-3-4-7(9)5-8(6)10-2;/h3-5,10H,1-2H3;1H. The quantitative estimate of drug-likeness (QED) is 0.789. The smallest absolute Gasteiger partial charge is 0.0378 e. The van der Waals surface area contributed by atoms with Gasteiger partial charge < -0.3 is 5.32 Å². The highest BCUT2D eigenvalue weighted by atomic mass is 79.9. The zero-order valence-corrected chi connectivity index (χ0v) is 8.92. The van der Waals surface area contributed by atoms with E-state index in [1.54, 1.807) is 0 Å². The Labute approximate surface area is 81.7 Å². The van der Waals surface area contributed by atoms with Crippen LogP contribution in [-0.2, 0) is 0 Å². The van der Waals surface area contributed by atoms with Crippen LogP contribution in [0.2, 0.25) is 0 Å². The summed E-state index contributed by atoms with van der Waals surface area (Å²) in [6.45, 7) is 2.08. The van der Waals surface area contributed by atoms with E-state index in [2.05, 4.69) is 40.3 Å². The van der Waals surface area contributed by atoms with Crippen molar-refractivity contribution in [2.75, 3.05) is 12.4 Å². The van der Waals surface area contributed by atoms with Gasteiger partial charge in [-0.1, -0.05) is 22.0 Å². The number of hydrogen-bond donors (Lipinski definition) is 1. The molecule has 1 aromatic rings. The van der Waals surface area contributed by atoms with E-state index in [4.69, 9.17) is 0 Å². The SMILES string of the molecule is CNc1cc(Br)ccc1C.Cl. The van der Waals surface area contributed by atoms with E-state index in [-0.39, 0.29) is 12.4 Å². The fraction of sp³-hybridized carbons (Fsp3) is 0.250. The van der Waals surface area contributed by atoms with Crippen LogP contribution in [0.4, 0.5) is 5.69 Å². The molecule has 62 valence electrons. The second kappa shape index (κ2) is 4.62. The van der Waals surface area contributed by atoms with Crippen LogP contribution >= 0.6 is 28.3 Å². The lowest BCUT2D eigenvalue weighted by molar-refractivity contribution is 1.39. The molecule has 0 bridgehead atoms. The van der Waals surface area contributed by atoms with Gasteiger partial charge in [0.25, 0.3) is 0 Å². The van der Waals surface area contributed by atoms with Crippen molar-refractivity contribution in [3.05, 3.63) is 28.2 Å². The Morgan fingerprint density at radius 1 is 1.36 bits per heavy atom.